The van der Waals surface area contributed by atoms with E-state index in [1.54, 1.807) is 0 Å². The van der Waals surface area contributed by atoms with Gasteiger partial charge in [-0.3, -0.25) is 4.99 Å². The van der Waals surface area contributed by atoms with Crippen LogP contribution in [0, 0.1) is 0 Å². The topological polar surface area (TPSA) is 17.3 Å². The Morgan fingerprint density at radius 3 is 2.51 bits per heavy atom. The van der Waals surface area contributed by atoms with Crippen molar-refractivity contribution in [1.29, 1.82) is 0 Å². The first-order valence-electron chi connectivity index (χ1n) is 12.4. The summed E-state index contributed by atoms with van der Waals surface area (Å²) in [7, 11) is 0. The van der Waals surface area contributed by atoms with Gasteiger partial charge in [0, 0.05) is 34.4 Å². The Balaban J connectivity index is 1.52. The summed E-state index contributed by atoms with van der Waals surface area (Å²) in [4.78, 5) is 4.62. The largest absolute Gasteiger partial charge is 0.309 e. The highest BCUT2D eigenvalue weighted by atomic mass is 15.0. The summed E-state index contributed by atoms with van der Waals surface area (Å²) in [6.45, 7) is 4.71. The number of para-hydroxylation sites is 1. The Morgan fingerprint density at radius 1 is 0.714 bits per heavy atom. The number of benzene rings is 5. The lowest BCUT2D eigenvalue weighted by molar-refractivity contribution is 0.661. The second kappa shape index (κ2) is 6.49. The predicted molar refractivity (Wildman–Crippen MR) is 148 cm³/mol. The lowest BCUT2D eigenvalue weighted by Crippen LogP contribution is -2.14. The van der Waals surface area contributed by atoms with E-state index in [2.05, 4.69) is 114 Å². The van der Waals surface area contributed by atoms with E-state index in [1.807, 2.05) is 6.21 Å². The van der Waals surface area contributed by atoms with Crippen molar-refractivity contribution in [2.45, 2.75) is 25.7 Å². The van der Waals surface area contributed by atoms with Crippen LogP contribution >= 0.6 is 0 Å². The van der Waals surface area contributed by atoms with Crippen molar-refractivity contribution in [1.82, 2.24) is 4.57 Å². The smallest absolute Gasteiger partial charge is 0.0682 e. The number of hydrogen-bond acceptors (Lipinski definition) is 1. The molecule has 0 bridgehead atoms. The second-order valence-corrected chi connectivity index (χ2v) is 10.4. The molecule has 0 fully saturated rings. The average molecular weight is 449 g/mol. The maximum Gasteiger partial charge on any atom is 0.0682 e. The molecule has 1 aromatic heterocycles. The summed E-state index contributed by atoms with van der Waals surface area (Å²) >= 11 is 0. The fourth-order valence-corrected chi connectivity index (χ4v) is 6.59. The van der Waals surface area contributed by atoms with Gasteiger partial charge in [-0.25, -0.2) is 0 Å². The van der Waals surface area contributed by atoms with Gasteiger partial charge in [-0.2, -0.15) is 0 Å². The van der Waals surface area contributed by atoms with Gasteiger partial charge in [0.05, 0.1) is 22.4 Å². The highest BCUT2D eigenvalue weighted by Gasteiger charge is 2.36. The Kier molecular flexibility index (Phi) is 3.55. The lowest BCUT2D eigenvalue weighted by atomic mass is 9.82. The van der Waals surface area contributed by atoms with Crippen molar-refractivity contribution in [3.63, 3.8) is 0 Å². The normalized spacial score (nSPS) is 15.1. The highest BCUT2D eigenvalue weighted by Crippen LogP contribution is 2.52. The van der Waals surface area contributed by atoms with Gasteiger partial charge < -0.3 is 4.57 Å². The maximum absolute atomic E-state index is 4.62. The van der Waals surface area contributed by atoms with E-state index in [-0.39, 0.29) is 5.41 Å². The zero-order chi connectivity index (χ0) is 23.3. The first-order valence-corrected chi connectivity index (χ1v) is 12.4. The Hall–Kier alpha value is -4.17. The summed E-state index contributed by atoms with van der Waals surface area (Å²) in [6.07, 6.45) is 2.91. The van der Waals surface area contributed by atoms with Crippen LogP contribution in [0.4, 0.5) is 5.69 Å². The van der Waals surface area contributed by atoms with Crippen molar-refractivity contribution in [2.24, 2.45) is 4.99 Å². The molecule has 0 spiro atoms. The minimum absolute atomic E-state index is 0.00761. The first-order chi connectivity index (χ1) is 17.1. The summed E-state index contributed by atoms with van der Waals surface area (Å²) in [5.74, 6) is 0. The van der Waals surface area contributed by atoms with Crippen LogP contribution in [0.1, 0.15) is 30.5 Å². The Labute approximate surface area is 204 Å². The molecule has 2 nitrogen and oxygen atoms in total. The van der Waals surface area contributed by atoms with Crippen molar-refractivity contribution >= 4 is 44.5 Å². The van der Waals surface area contributed by atoms with Gasteiger partial charge in [0.15, 0.2) is 0 Å². The van der Waals surface area contributed by atoms with E-state index >= 15 is 0 Å². The molecule has 166 valence electrons. The van der Waals surface area contributed by atoms with Gasteiger partial charge in [0.25, 0.3) is 0 Å². The molecule has 6 aromatic rings. The molecular formula is C33H24N2. The van der Waals surface area contributed by atoms with Crippen molar-refractivity contribution < 1.29 is 0 Å². The number of aliphatic imine (C=N–C) groups is 1. The quantitative estimate of drug-likeness (QED) is 0.240. The molecule has 1 aliphatic heterocycles. The van der Waals surface area contributed by atoms with Crippen LogP contribution in [0.3, 0.4) is 0 Å². The third kappa shape index (κ3) is 2.37. The molecule has 8 rings (SSSR count). The highest BCUT2D eigenvalue weighted by molar-refractivity contribution is 6.16. The summed E-state index contributed by atoms with van der Waals surface area (Å²) in [5, 5.41) is 5.23. The van der Waals surface area contributed by atoms with Gasteiger partial charge in [-0.15, -0.1) is 0 Å². The molecule has 2 heterocycles. The van der Waals surface area contributed by atoms with E-state index in [0.717, 1.165) is 12.1 Å². The molecule has 2 aliphatic rings. The van der Waals surface area contributed by atoms with Crippen LogP contribution in [0.2, 0.25) is 0 Å². The third-order valence-electron chi connectivity index (χ3n) is 8.25. The lowest BCUT2D eigenvalue weighted by Gasteiger charge is -2.21. The van der Waals surface area contributed by atoms with E-state index in [0.29, 0.717) is 0 Å². The molecule has 0 saturated heterocycles. The van der Waals surface area contributed by atoms with Crippen LogP contribution in [0.15, 0.2) is 96.0 Å². The maximum atomic E-state index is 4.62. The van der Waals surface area contributed by atoms with E-state index < -0.39 is 0 Å². The molecule has 0 saturated carbocycles. The van der Waals surface area contributed by atoms with E-state index in [4.69, 9.17) is 0 Å². The van der Waals surface area contributed by atoms with Crippen LogP contribution < -0.4 is 0 Å². The van der Waals surface area contributed by atoms with Gasteiger partial charge in [0.1, 0.15) is 0 Å². The third-order valence-corrected chi connectivity index (χ3v) is 8.25. The minimum Gasteiger partial charge on any atom is -0.309 e. The summed E-state index contributed by atoms with van der Waals surface area (Å²) in [5.41, 5.74) is 11.8. The molecule has 0 amide bonds. The predicted octanol–water partition coefficient (Wildman–Crippen LogP) is 8.50. The van der Waals surface area contributed by atoms with E-state index in [9.17, 15) is 0 Å². The number of hydrogen-bond donors (Lipinski definition) is 0. The molecule has 1 aliphatic carbocycles. The average Bonchev–Trinajstić information content (AvgIpc) is 3.55. The van der Waals surface area contributed by atoms with Crippen LogP contribution in [-0.2, 0) is 11.8 Å². The van der Waals surface area contributed by atoms with Crippen molar-refractivity contribution in [3.8, 4) is 16.8 Å². The SMILES string of the molecule is CC1(C)c2ccccc2-c2c1ccc1cc3c(cc21)c1ccccc1n3-c1cccc2c1CC=N2. The Morgan fingerprint density at radius 2 is 1.57 bits per heavy atom. The second-order valence-electron chi connectivity index (χ2n) is 10.4. The van der Waals surface area contributed by atoms with Crippen LogP contribution in [-0.4, -0.2) is 10.8 Å². The van der Waals surface area contributed by atoms with Crippen molar-refractivity contribution in [2.75, 3.05) is 0 Å². The zero-order valence-corrected chi connectivity index (χ0v) is 19.8. The molecule has 0 atom stereocenters. The number of rotatable bonds is 1. The van der Waals surface area contributed by atoms with Gasteiger partial charge >= 0.3 is 0 Å². The molecule has 0 N–H and O–H groups in total. The number of nitrogens with zero attached hydrogens (tertiary/aromatic N) is 2. The zero-order valence-electron chi connectivity index (χ0n) is 19.8. The number of fused-ring (bicyclic) bond motifs is 9. The molecule has 0 unspecified atom stereocenters. The van der Waals surface area contributed by atoms with Gasteiger partial charge in [-0.1, -0.05) is 74.5 Å². The first kappa shape index (κ1) is 19.2. The monoisotopic (exact) mass is 448 g/mol. The van der Waals surface area contributed by atoms with Crippen LogP contribution in [0.5, 0.6) is 0 Å². The molecule has 0 radical (unpaired) electrons. The Bertz CT molecular complexity index is 1900. The van der Waals surface area contributed by atoms with Gasteiger partial charge in [-0.05, 0) is 63.4 Å². The molecule has 35 heavy (non-hydrogen) atoms. The van der Waals surface area contributed by atoms with Gasteiger partial charge in [0.2, 0.25) is 0 Å². The molecular weight excluding hydrogens is 424 g/mol. The fourth-order valence-electron chi connectivity index (χ4n) is 6.59. The fraction of sp³-hybridized carbons (Fsp3) is 0.121. The number of aromatic nitrogens is 1. The van der Waals surface area contributed by atoms with E-state index in [1.165, 1.54) is 66.1 Å². The summed E-state index contributed by atoms with van der Waals surface area (Å²) in [6, 6.07) is 33.7. The standard InChI is InChI=1S/C33H24N2/c1-33(2)26-10-5-3-9-22(26)32-24-19-25-21-8-4-6-12-29(21)35(31(25)18-20(24)14-15-27(32)33)30-13-7-11-28-23(30)16-17-34-28/h3-15,17-19H,16H2,1-2H3. The summed E-state index contributed by atoms with van der Waals surface area (Å²) < 4.78 is 2.45. The van der Waals surface area contributed by atoms with Crippen LogP contribution in [0.25, 0.3) is 49.4 Å². The van der Waals surface area contributed by atoms with Crippen molar-refractivity contribution in [3.05, 3.63) is 108 Å². The minimum atomic E-state index is 0.00761. The molecule has 2 heteroatoms. The molecule has 5 aromatic carbocycles.